The second kappa shape index (κ2) is 9.65. The number of fused-ring (bicyclic) bond motifs is 1. The molecule has 2 aromatic carbocycles. The van der Waals surface area contributed by atoms with Gasteiger partial charge in [0, 0.05) is 24.4 Å². The number of hydrogen-bond donors (Lipinski definition) is 1. The van der Waals surface area contributed by atoms with Crippen LogP contribution in [0.1, 0.15) is 12.5 Å². The Morgan fingerprint density at radius 2 is 2.10 bits per heavy atom. The molecular weight excluding hydrogens is 384 g/mol. The fraction of sp³-hybridized carbons (Fsp3) is 0.217. The molecule has 2 amide bonds. The summed E-state index contributed by atoms with van der Waals surface area (Å²) in [5.41, 5.74) is 2.03. The van der Waals surface area contributed by atoms with Gasteiger partial charge in [0.05, 0.1) is 19.4 Å². The van der Waals surface area contributed by atoms with Crippen molar-refractivity contribution >= 4 is 29.3 Å². The van der Waals surface area contributed by atoms with Crippen LogP contribution >= 0.6 is 0 Å². The zero-order valence-corrected chi connectivity index (χ0v) is 17.0. The molecular formula is C23H24N2O5. The molecule has 30 heavy (non-hydrogen) atoms. The Labute approximate surface area is 175 Å². The van der Waals surface area contributed by atoms with E-state index in [9.17, 15) is 9.59 Å². The number of carbonyl (C=O) groups excluding carboxylic acids is 2. The molecule has 1 N–H and O–H groups in total. The molecule has 0 fully saturated rings. The van der Waals surface area contributed by atoms with E-state index in [-0.39, 0.29) is 18.4 Å². The lowest BCUT2D eigenvalue weighted by Gasteiger charge is -2.28. The maximum absolute atomic E-state index is 12.3. The molecule has 0 saturated carbocycles. The lowest BCUT2D eigenvalue weighted by molar-refractivity contribution is -0.121. The summed E-state index contributed by atoms with van der Waals surface area (Å²) in [7, 11) is 1.57. The van der Waals surface area contributed by atoms with Crippen LogP contribution in [-0.4, -0.2) is 38.7 Å². The van der Waals surface area contributed by atoms with Crippen LogP contribution in [0.25, 0.3) is 6.08 Å². The monoisotopic (exact) mass is 408 g/mol. The van der Waals surface area contributed by atoms with E-state index in [0.717, 1.165) is 5.56 Å². The first kappa shape index (κ1) is 21.0. The number of carbonyl (C=O) groups is 2. The number of nitrogens with zero attached hydrogens (tertiary/aromatic N) is 1. The zero-order valence-electron chi connectivity index (χ0n) is 17.0. The highest BCUT2D eigenvalue weighted by atomic mass is 16.5. The van der Waals surface area contributed by atoms with Gasteiger partial charge in [-0.25, -0.2) is 0 Å². The fourth-order valence-electron chi connectivity index (χ4n) is 3.03. The topological polar surface area (TPSA) is 77.1 Å². The molecule has 0 saturated heterocycles. The second-order valence-corrected chi connectivity index (χ2v) is 6.43. The lowest BCUT2D eigenvalue weighted by atomic mass is 10.2. The van der Waals surface area contributed by atoms with Crippen molar-refractivity contribution in [1.29, 1.82) is 0 Å². The van der Waals surface area contributed by atoms with Crippen LogP contribution in [0.2, 0.25) is 0 Å². The zero-order chi connectivity index (χ0) is 21.5. The van der Waals surface area contributed by atoms with Crippen LogP contribution in [0.3, 0.4) is 0 Å². The van der Waals surface area contributed by atoms with E-state index >= 15 is 0 Å². The summed E-state index contributed by atoms with van der Waals surface area (Å²) in [6.07, 6.45) is 4.78. The Kier molecular flexibility index (Phi) is 6.75. The Morgan fingerprint density at radius 1 is 1.27 bits per heavy atom. The summed E-state index contributed by atoms with van der Waals surface area (Å²) in [4.78, 5) is 25.9. The van der Waals surface area contributed by atoms with Crippen LogP contribution in [0.4, 0.5) is 11.4 Å². The number of nitrogens with one attached hydrogen (secondary N) is 1. The van der Waals surface area contributed by atoms with Crippen molar-refractivity contribution in [3.63, 3.8) is 0 Å². The predicted octanol–water partition coefficient (Wildman–Crippen LogP) is 3.66. The highest BCUT2D eigenvalue weighted by Gasteiger charge is 2.24. The first-order valence-electron chi connectivity index (χ1n) is 9.53. The van der Waals surface area contributed by atoms with E-state index in [1.165, 1.54) is 6.08 Å². The number of anilines is 2. The van der Waals surface area contributed by atoms with Crippen LogP contribution in [0.5, 0.6) is 17.2 Å². The van der Waals surface area contributed by atoms with Crippen molar-refractivity contribution in [2.75, 3.05) is 37.1 Å². The maximum Gasteiger partial charge on any atom is 0.265 e. The highest BCUT2D eigenvalue weighted by Crippen LogP contribution is 2.34. The minimum atomic E-state index is -0.294. The van der Waals surface area contributed by atoms with Gasteiger partial charge in [-0.05, 0) is 42.8 Å². The first-order valence-corrected chi connectivity index (χ1v) is 9.53. The standard InChI is InChI=1S/C23H24N2O5/c1-4-12-25-18-9-8-17(14-20(18)30-15-23(25)27)24-22(26)11-7-16-6-10-19(29-5-2)21(13-16)28-3/h4,6-11,13-14H,1,5,12,15H2,2-3H3,(H,24,26)/b11-7+. The Morgan fingerprint density at radius 3 is 2.83 bits per heavy atom. The quantitative estimate of drug-likeness (QED) is 0.533. The van der Waals surface area contributed by atoms with Gasteiger partial charge < -0.3 is 24.4 Å². The van der Waals surface area contributed by atoms with Gasteiger partial charge in [-0.15, -0.1) is 6.58 Å². The lowest BCUT2D eigenvalue weighted by Crippen LogP contribution is -2.38. The average molecular weight is 408 g/mol. The summed E-state index contributed by atoms with van der Waals surface area (Å²) in [6, 6.07) is 10.6. The summed E-state index contributed by atoms with van der Waals surface area (Å²) in [5, 5.41) is 2.80. The fourth-order valence-corrected chi connectivity index (χ4v) is 3.03. The third-order valence-corrected chi connectivity index (χ3v) is 4.40. The minimum absolute atomic E-state index is 0.0439. The molecule has 156 valence electrons. The molecule has 0 spiro atoms. The SMILES string of the molecule is C=CCN1C(=O)COc2cc(NC(=O)/C=C/c3ccc(OCC)c(OC)c3)ccc21. The van der Waals surface area contributed by atoms with Crippen LogP contribution in [0.15, 0.2) is 55.1 Å². The van der Waals surface area contributed by atoms with Gasteiger partial charge in [-0.2, -0.15) is 0 Å². The Balaban J connectivity index is 1.69. The number of amides is 2. The molecule has 7 heteroatoms. The normalized spacial score (nSPS) is 12.9. The third-order valence-electron chi connectivity index (χ3n) is 4.40. The average Bonchev–Trinajstić information content (AvgIpc) is 2.75. The molecule has 0 aromatic heterocycles. The van der Waals surface area contributed by atoms with Gasteiger partial charge in [0.25, 0.3) is 5.91 Å². The first-order chi connectivity index (χ1) is 14.5. The van der Waals surface area contributed by atoms with Gasteiger partial charge in [-0.1, -0.05) is 12.1 Å². The summed E-state index contributed by atoms with van der Waals surface area (Å²) >= 11 is 0. The summed E-state index contributed by atoms with van der Waals surface area (Å²) in [5.74, 6) is 1.37. The molecule has 2 aromatic rings. The smallest absolute Gasteiger partial charge is 0.265 e. The number of rotatable bonds is 8. The van der Waals surface area contributed by atoms with Crippen molar-refractivity contribution in [2.24, 2.45) is 0 Å². The van der Waals surface area contributed by atoms with E-state index in [2.05, 4.69) is 11.9 Å². The van der Waals surface area contributed by atoms with Gasteiger partial charge in [0.1, 0.15) is 5.75 Å². The molecule has 1 aliphatic heterocycles. The molecule has 1 heterocycles. The Hall–Kier alpha value is -3.74. The molecule has 1 aliphatic rings. The summed E-state index contributed by atoms with van der Waals surface area (Å²) < 4.78 is 16.3. The van der Waals surface area contributed by atoms with E-state index in [0.29, 0.717) is 41.8 Å². The van der Waals surface area contributed by atoms with E-state index in [1.54, 1.807) is 54.5 Å². The van der Waals surface area contributed by atoms with Crippen molar-refractivity contribution in [3.05, 3.63) is 60.7 Å². The Bertz CT molecular complexity index is 984. The second-order valence-electron chi connectivity index (χ2n) is 6.43. The molecule has 0 unspecified atom stereocenters. The van der Waals surface area contributed by atoms with E-state index < -0.39 is 0 Å². The van der Waals surface area contributed by atoms with E-state index in [1.807, 2.05) is 13.0 Å². The summed E-state index contributed by atoms with van der Waals surface area (Å²) in [6.45, 7) is 6.47. The molecule has 0 bridgehead atoms. The molecule has 7 nitrogen and oxygen atoms in total. The number of benzene rings is 2. The van der Waals surface area contributed by atoms with Crippen LogP contribution in [-0.2, 0) is 9.59 Å². The van der Waals surface area contributed by atoms with Crippen molar-refractivity contribution in [3.8, 4) is 17.2 Å². The maximum atomic E-state index is 12.3. The highest BCUT2D eigenvalue weighted by molar-refractivity contribution is 6.03. The number of ether oxygens (including phenoxy) is 3. The van der Waals surface area contributed by atoms with E-state index in [4.69, 9.17) is 14.2 Å². The number of methoxy groups -OCH3 is 1. The predicted molar refractivity (Wildman–Crippen MR) is 116 cm³/mol. The molecule has 0 atom stereocenters. The molecule has 3 rings (SSSR count). The van der Waals surface area contributed by atoms with Crippen molar-refractivity contribution < 1.29 is 23.8 Å². The van der Waals surface area contributed by atoms with Crippen molar-refractivity contribution in [1.82, 2.24) is 0 Å². The van der Waals surface area contributed by atoms with Gasteiger partial charge >= 0.3 is 0 Å². The molecule has 0 aliphatic carbocycles. The van der Waals surface area contributed by atoms with Crippen LogP contribution < -0.4 is 24.4 Å². The third kappa shape index (κ3) is 4.81. The number of hydrogen-bond acceptors (Lipinski definition) is 5. The van der Waals surface area contributed by atoms with Gasteiger partial charge in [0.15, 0.2) is 18.1 Å². The van der Waals surface area contributed by atoms with Gasteiger partial charge in [0.2, 0.25) is 5.91 Å². The minimum Gasteiger partial charge on any atom is -0.493 e. The van der Waals surface area contributed by atoms with Crippen molar-refractivity contribution in [2.45, 2.75) is 6.92 Å². The largest absolute Gasteiger partial charge is 0.493 e. The van der Waals surface area contributed by atoms with Crippen LogP contribution in [0, 0.1) is 0 Å². The van der Waals surface area contributed by atoms with Gasteiger partial charge in [-0.3, -0.25) is 9.59 Å². The molecule has 0 radical (unpaired) electrons.